The average molecular weight is 388 g/mol. The van der Waals surface area contributed by atoms with Crippen LogP contribution < -0.4 is 5.32 Å². The smallest absolute Gasteiger partial charge is 0.162 e. The van der Waals surface area contributed by atoms with E-state index in [2.05, 4.69) is 50.4 Å². The first-order chi connectivity index (χ1) is 13.4. The zero-order valence-corrected chi connectivity index (χ0v) is 17.0. The van der Waals surface area contributed by atoms with E-state index in [-0.39, 0.29) is 5.41 Å². The molecule has 1 aromatic heterocycles. The van der Waals surface area contributed by atoms with Gasteiger partial charge in [0, 0.05) is 21.7 Å². The molecule has 0 radical (unpaired) electrons. The Labute approximate surface area is 170 Å². The van der Waals surface area contributed by atoms with Crippen molar-refractivity contribution in [3.8, 4) is 11.4 Å². The molecule has 1 heterocycles. The molecular weight excluding hydrogens is 366 g/mol. The number of aromatic nitrogens is 2. The molecule has 0 saturated carbocycles. The number of anilines is 2. The summed E-state index contributed by atoms with van der Waals surface area (Å²) in [5, 5.41) is 5.10. The lowest BCUT2D eigenvalue weighted by Gasteiger charge is -2.19. The van der Waals surface area contributed by atoms with Crippen LogP contribution in [0.4, 0.5) is 11.5 Å². The molecule has 3 aromatic carbocycles. The fourth-order valence-electron chi connectivity index (χ4n) is 3.09. The molecule has 0 saturated heterocycles. The molecule has 0 aliphatic rings. The molecule has 0 aliphatic heterocycles. The van der Waals surface area contributed by atoms with Gasteiger partial charge in [0.15, 0.2) is 5.82 Å². The van der Waals surface area contributed by atoms with Crippen LogP contribution in [0.15, 0.2) is 72.8 Å². The standard InChI is InChI=1S/C24H22ClN3/c1-24(2,3)17-10-8-16(9-11-17)22-27-21-7-5-4-6-20(21)23(28-22)26-19-14-12-18(25)13-15-19/h4-15H,1-3H3,(H,26,27,28). The van der Waals surface area contributed by atoms with Crippen LogP contribution in [0.2, 0.25) is 5.02 Å². The van der Waals surface area contributed by atoms with Crippen molar-refractivity contribution < 1.29 is 0 Å². The van der Waals surface area contributed by atoms with Gasteiger partial charge in [-0.05, 0) is 47.4 Å². The molecule has 28 heavy (non-hydrogen) atoms. The number of benzene rings is 3. The number of hydrogen-bond donors (Lipinski definition) is 1. The predicted molar refractivity (Wildman–Crippen MR) is 118 cm³/mol. The Balaban J connectivity index is 1.78. The van der Waals surface area contributed by atoms with Crippen LogP contribution in [0.3, 0.4) is 0 Å². The lowest BCUT2D eigenvalue weighted by Crippen LogP contribution is -2.10. The summed E-state index contributed by atoms with van der Waals surface area (Å²) < 4.78 is 0. The molecule has 0 bridgehead atoms. The second kappa shape index (κ2) is 7.25. The minimum Gasteiger partial charge on any atom is -0.340 e. The van der Waals surface area contributed by atoms with E-state index in [4.69, 9.17) is 21.6 Å². The number of hydrogen-bond acceptors (Lipinski definition) is 3. The van der Waals surface area contributed by atoms with Crippen molar-refractivity contribution >= 4 is 34.0 Å². The second-order valence-corrected chi connectivity index (χ2v) is 8.31. The SMILES string of the molecule is CC(C)(C)c1ccc(-c2nc(Nc3ccc(Cl)cc3)c3ccccc3n2)cc1. The Morgan fingerprint density at radius 1 is 0.786 bits per heavy atom. The van der Waals surface area contributed by atoms with E-state index in [0.29, 0.717) is 10.8 Å². The molecule has 0 atom stereocenters. The van der Waals surface area contributed by atoms with Crippen LogP contribution >= 0.6 is 11.6 Å². The molecule has 3 nitrogen and oxygen atoms in total. The zero-order valence-electron chi connectivity index (χ0n) is 16.2. The first kappa shape index (κ1) is 18.5. The zero-order chi connectivity index (χ0) is 19.7. The van der Waals surface area contributed by atoms with Gasteiger partial charge in [0.25, 0.3) is 0 Å². The Morgan fingerprint density at radius 2 is 1.46 bits per heavy atom. The summed E-state index contributed by atoms with van der Waals surface area (Å²) in [4.78, 5) is 9.61. The van der Waals surface area contributed by atoms with Crippen LogP contribution in [0.5, 0.6) is 0 Å². The van der Waals surface area contributed by atoms with Crippen LogP contribution in [0.25, 0.3) is 22.3 Å². The lowest BCUT2D eigenvalue weighted by atomic mass is 9.87. The van der Waals surface area contributed by atoms with Crippen molar-refractivity contribution in [1.29, 1.82) is 0 Å². The van der Waals surface area contributed by atoms with Gasteiger partial charge in [-0.1, -0.05) is 68.8 Å². The lowest BCUT2D eigenvalue weighted by molar-refractivity contribution is 0.590. The largest absolute Gasteiger partial charge is 0.340 e. The first-order valence-electron chi connectivity index (χ1n) is 9.30. The van der Waals surface area contributed by atoms with E-state index in [1.54, 1.807) is 0 Å². The number of halogens is 1. The number of nitrogens with zero attached hydrogens (tertiary/aromatic N) is 2. The van der Waals surface area contributed by atoms with Crippen LogP contribution in [-0.4, -0.2) is 9.97 Å². The molecule has 4 aromatic rings. The minimum absolute atomic E-state index is 0.115. The highest BCUT2D eigenvalue weighted by molar-refractivity contribution is 6.30. The predicted octanol–water partition coefficient (Wildman–Crippen LogP) is 6.99. The summed E-state index contributed by atoms with van der Waals surface area (Å²) in [6, 6.07) is 24.1. The molecule has 4 heteroatoms. The van der Waals surface area contributed by atoms with E-state index in [9.17, 15) is 0 Å². The van der Waals surface area contributed by atoms with Gasteiger partial charge < -0.3 is 5.32 Å². The van der Waals surface area contributed by atoms with Gasteiger partial charge in [-0.3, -0.25) is 0 Å². The second-order valence-electron chi connectivity index (χ2n) is 7.87. The molecule has 0 aliphatic carbocycles. The van der Waals surface area contributed by atoms with Gasteiger partial charge in [-0.15, -0.1) is 0 Å². The first-order valence-corrected chi connectivity index (χ1v) is 9.68. The van der Waals surface area contributed by atoms with Gasteiger partial charge in [-0.2, -0.15) is 0 Å². The summed E-state index contributed by atoms with van der Waals surface area (Å²) in [6.07, 6.45) is 0. The van der Waals surface area contributed by atoms with Gasteiger partial charge in [-0.25, -0.2) is 9.97 Å². The van der Waals surface area contributed by atoms with Crippen molar-refractivity contribution in [2.75, 3.05) is 5.32 Å². The Kier molecular flexibility index (Phi) is 4.78. The highest BCUT2D eigenvalue weighted by atomic mass is 35.5. The Morgan fingerprint density at radius 3 is 2.14 bits per heavy atom. The fraction of sp³-hybridized carbons (Fsp3) is 0.167. The van der Waals surface area contributed by atoms with E-state index in [1.807, 2.05) is 48.5 Å². The third-order valence-corrected chi connectivity index (χ3v) is 4.97. The number of nitrogens with one attached hydrogen (secondary N) is 1. The maximum Gasteiger partial charge on any atom is 0.162 e. The molecule has 0 fully saturated rings. The van der Waals surface area contributed by atoms with Gasteiger partial charge >= 0.3 is 0 Å². The van der Waals surface area contributed by atoms with Crippen molar-refractivity contribution in [3.63, 3.8) is 0 Å². The molecule has 0 spiro atoms. The van der Waals surface area contributed by atoms with E-state index < -0.39 is 0 Å². The maximum atomic E-state index is 6.01. The third kappa shape index (κ3) is 3.85. The maximum absolute atomic E-state index is 6.01. The third-order valence-electron chi connectivity index (χ3n) is 4.72. The van der Waals surface area contributed by atoms with Crippen LogP contribution in [0.1, 0.15) is 26.3 Å². The van der Waals surface area contributed by atoms with Crippen molar-refractivity contribution in [2.45, 2.75) is 26.2 Å². The van der Waals surface area contributed by atoms with E-state index >= 15 is 0 Å². The molecule has 4 rings (SSSR count). The average Bonchev–Trinajstić information content (AvgIpc) is 2.69. The Hall–Kier alpha value is -2.91. The minimum atomic E-state index is 0.115. The summed E-state index contributed by atoms with van der Waals surface area (Å²) >= 11 is 6.01. The van der Waals surface area contributed by atoms with Gasteiger partial charge in [0.2, 0.25) is 0 Å². The fourth-order valence-corrected chi connectivity index (χ4v) is 3.22. The van der Waals surface area contributed by atoms with Crippen LogP contribution in [-0.2, 0) is 5.41 Å². The van der Waals surface area contributed by atoms with Crippen LogP contribution in [0, 0.1) is 0 Å². The van der Waals surface area contributed by atoms with Gasteiger partial charge in [0.1, 0.15) is 5.82 Å². The summed E-state index contributed by atoms with van der Waals surface area (Å²) in [5.41, 5.74) is 4.24. The Bertz CT molecular complexity index is 1110. The highest BCUT2D eigenvalue weighted by Crippen LogP contribution is 2.29. The molecule has 140 valence electrons. The normalized spacial score (nSPS) is 11.6. The molecular formula is C24H22ClN3. The topological polar surface area (TPSA) is 37.8 Å². The van der Waals surface area contributed by atoms with E-state index in [1.165, 1.54) is 5.56 Å². The molecule has 1 N–H and O–H groups in total. The summed E-state index contributed by atoms with van der Waals surface area (Å²) in [6.45, 7) is 6.63. The van der Waals surface area contributed by atoms with Crippen molar-refractivity contribution in [2.24, 2.45) is 0 Å². The van der Waals surface area contributed by atoms with Crippen molar-refractivity contribution in [1.82, 2.24) is 9.97 Å². The number of rotatable bonds is 3. The van der Waals surface area contributed by atoms with Crippen molar-refractivity contribution in [3.05, 3.63) is 83.4 Å². The van der Waals surface area contributed by atoms with E-state index in [0.717, 1.165) is 28.0 Å². The number of para-hydroxylation sites is 1. The van der Waals surface area contributed by atoms with Gasteiger partial charge in [0.05, 0.1) is 5.52 Å². The monoisotopic (exact) mass is 387 g/mol. The highest BCUT2D eigenvalue weighted by Gasteiger charge is 2.14. The summed E-state index contributed by atoms with van der Waals surface area (Å²) in [5.74, 6) is 1.48. The summed E-state index contributed by atoms with van der Waals surface area (Å²) in [7, 11) is 0. The quantitative estimate of drug-likeness (QED) is 0.411. The molecule has 0 amide bonds. The molecule has 0 unspecified atom stereocenters. The number of fused-ring (bicyclic) bond motifs is 1.